The fourth-order valence-electron chi connectivity index (χ4n) is 3.19. The molecule has 0 saturated carbocycles. The van der Waals surface area contributed by atoms with Crippen molar-refractivity contribution in [3.63, 3.8) is 0 Å². The van der Waals surface area contributed by atoms with Crippen LogP contribution in [-0.2, 0) is 0 Å². The van der Waals surface area contributed by atoms with E-state index in [1.54, 1.807) is 12.1 Å². The lowest BCUT2D eigenvalue weighted by atomic mass is 10.1. The van der Waals surface area contributed by atoms with Crippen LogP contribution >= 0.6 is 0 Å². The van der Waals surface area contributed by atoms with E-state index in [1.165, 1.54) is 12.1 Å². The Morgan fingerprint density at radius 3 is 2.50 bits per heavy atom. The Hall–Kier alpha value is -2.60. The summed E-state index contributed by atoms with van der Waals surface area (Å²) in [6.45, 7) is 6.95. The number of hydrogen-bond donors (Lipinski definition) is 2. The molecule has 0 spiro atoms. The quantitative estimate of drug-likeness (QED) is 0.807. The van der Waals surface area contributed by atoms with Crippen LogP contribution in [0.2, 0.25) is 0 Å². The van der Waals surface area contributed by atoms with Gasteiger partial charge in [-0.15, -0.1) is 0 Å². The molecule has 1 aliphatic heterocycles. The molecule has 2 aromatic rings. The van der Waals surface area contributed by atoms with E-state index in [1.807, 2.05) is 25.1 Å². The molecule has 0 aromatic heterocycles. The molecule has 1 fully saturated rings. The third-order valence-electron chi connectivity index (χ3n) is 4.78. The van der Waals surface area contributed by atoms with Crippen LogP contribution in [0.3, 0.4) is 0 Å². The number of nitrogens with one attached hydrogen (secondary N) is 1. The maximum atomic E-state index is 13.0. The second-order valence-electron chi connectivity index (χ2n) is 6.64. The molecule has 5 nitrogen and oxygen atoms in total. The van der Waals surface area contributed by atoms with Gasteiger partial charge in [0.25, 0.3) is 5.91 Å². The first-order valence-corrected chi connectivity index (χ1v) is 8.90. The number of amides is 1. The number of rotatable bonds is 5. The van der Waals surface area contributed by atoms with Gasteiger partial charge in [0.15, 0.2) is 0 Å². The third kappa shape index (κ3) is 4.52. The van der Waals surface area contributed by atoms with Crippen LogP contribution < -0.4 is 16.0 Å². The smallest absolute Gasteiger partial charge is 0.251 e. The normalized spacial score (nSPS) is 15.1. The highest BCUT2D eigenvalue weighted by Gasteiger charge is 2.17. The number of piperazine rings is 1. The molecule has 1 heterocycles. The maximum Gasteiger partial charge on any atom is 0.251 e. The number of anilines is 2. The number of carbonyl (C=O) groups is 1. The van der Waals surface area contributed by atoms with E-state index in [0.717, 1.165) is 44.0 Å². The van der Waals surface area contributed by atoms with Gasteiger partial charge >= 0.3 is 0 Å². The summed E-state index contributed by atoms with van der Waals surface area (Å²) in [4.78, 5) is 16.9. The Bertz CT molecular complexity index is 755. The Morgan fingerprint density at radius 2 is 1.81 bits per heavy atom. The zero-order valence-corrected chi connectivity index (χ0v) is 15.0. The van der Waals surface area contributed by atoms with Crippen LogP contribution in [0, 0.1) is 12.7 Å². The number of nitrogen functional groups attached to an aromatic ring is 1. The summed E-state index contributed by atoms with van der Waals surface area (Å²) in [6.07, 6.45) is 0. The van der Waals surface area contributed by atoms with E-state index in [-0.39, 0.29) is 11.7 Å². The minimum absolute atomic E-state index is 0.0836. The Labute approximate surface area is 153 Å². The standard InChI is InChI=1S/C20H25FN4O/c1-15-2-5-17(22)14-19(15)20(26)23-8-9-24-10-12-25(13-11-24)18-6-3-16(21)4-7-18/h2-7,14H,8-13,22H2,1H3,(H,23,26). The summed E-state index contributed by atoms with van der Waals surface area (Å²) in [5.41, 5.74) is 8.97. The van der Waals surface area contributed by atoms with E-state index in [0.29, 0.717) is 17.8 Å². The van der Waals surface area contributed by atoms with E-state index >= 15 is 0 Å². The molecule has 26 heavy (non-hydrogen) atoms. The van der Waals surface area contributed by atoms with E-state index in [9.17, 15) is 9.18 Å². The zero-order chi connectivity index (χ0) is 18.5. The molecule has 0 unspecified atom stereocenters. The van der Waals surface area contributed by atoms with Gasteiger partial charge in [0.2, 0.25) is 0 Å². The van der Waals surface area contributed by atoms with Gasteiger partial charge in [-0.2, -0.15) is 0 Å². The average Bonchev–Trinajstić information content (AvgIpc) is 2.65. The van der Waals surface area contributed by atoms with Crippen LogP contribution in [0.5, 0.6) is 0 Å². The molecule has 0 radical (unpaired) electrons. The summed E-state index contributed by atoms with van der Waals surface area (Å²) in [5.74, 6) is -0.293. The van der Waals surface area contributed by atoms with Gasteiger partial charge in [0.1, 0.15) is 5.82 Å². The highest BCUT2D eigenvalue weighted by Crippen LogP contribution is 2.17. The molecule has 0 aliphatic carbocycles. The minimum Gasteiger partial charge on any atom is -0.399 e. The average molecular weight is 356 g/mol. The van der Waals surface area contributed by atoms with Crippen molar-refractivity contribution >= 4 is 17.3 Å². The fourth-order valence-corrected chi connectivity index (χ4v) is 3.19. The number of nitrogens with two attached hydrogens (primary N) is 1. The molecule has 1 amide bonds. The van der Waals surface area contributed by atoms with Crippen LogP contribution in [0.1, 0.15) is 15.9 Å². The lowest BCUT2D eigenvalue weighted by Gasteiger charge is -2.36. The highest BCUT2D eigenvalue weighted by atomic mass is 19.1. The largest absolute Gasteiger partial charge is 0.399 e. The van der Waals surface area contributed by atoms with Gasteiger partial charge in [-0.05, 0) is 48.9 Å². The SMILES string of the molecule is Cc1ccc(N)cc1C(=O)NCCN1CCN(c2ccc(F)cc2)CC1. The van der Waals surface area contributed by atoms with Crippen molar-refractivity contribution in [2.75, 3.05) is 49.9 Å². The van der Waals surface area contributed by atoms with Crippen molar-refractivity contribution in [2.45, 2.75) is 6.92 Å². The first kappa shape index (κ1) is 18.2. The molecule has 3 N–H and O–H groups in total. The molecule has 138 valence electrons. The number of carbonyl (C=O) groups excluding carboxylic acids is 1. The lowest BCUT2D eigenvalue weighted by Crippen LogP contribution is -2.48. The second kappa shape index (κ2) is 8.19. The van der Waals surface area contributed by atoms with Crippen molar-refractivity contribution in [3.8, 4) is 0 Å². The molecule has 2 aromatic carbocycles. The van der Waals surface area contributed by atoms with Crippen LogP contribution in [0.15, 0.2) is 42.5 Å². The predicted molar refractivity (Wildman–Crippen MR) is 103 cm³/mol. The van der Waals surface area contributed by atoms with Crippen LogP contribution in [-0.4, -0.2) is 50.1 Å². The van der Waals surface area contributed by atoms with Crippen LogP contribution in [0.4, 0.5) is 15.8 Å². The summed E-state index contributed by atoms with van der Waals surface area (Å²) in [7, 11) is 0. The topological polar surface area (TPSA) is 61.6 Å². The van der Waals surface area contributed by atoms with Gasteiger partial charge in [-0.25, -0.2) is 4.39 Å². The number of halogens is 1. The zero-order valence-electron chi connectivity index (χ0n) is 15.0. The predicted octanol–water partition coefficient (Wildman–Crippen LogP) is 2.27. The third-order valence-corrected chi connectivity index (χ3v) is 4.78. The number of nitrogens with zero attached hydrogens (tertiary/aromatic N) is 2. The molecule has 3 rings (SSSR count). The summed E-state index contributed by atoms with van der Waals surface area (Å²) < 4.78 is 13.0. The van der Waals surface area contributed by atoms with Crippen molar-refractivity contribution < 1.29 is 9.18 Å². The van der Waals surface area contributed by atoms with E-state index in [4.69, 9.17) is 5.73 Å². The maximum absolute atomic E-state index is 13.0. The lowest BCUT2D eigenvalue weighted by molar-refractivity contribution is 0.0947. The molecule has 1 saturated heterocycles. The van der Waals surface area contributed by atoms with Crippen molar-refractivity contribution in [2.24, 2.45) is 0 Å². The van der Waals surface area contributed by atoms with Gasteiger partial charge in [0, 0.05) is 56.2 Å². The number of benzene rings is 2. The molecular weight excluding hydrogens is 331 g/mol. The first-order valence-electron chi connectivity index (χ1n) is 8.90. The Kier molecular flexibility index (Phi) is 5.73. The van der Waals surface area contributed by atoms with Crippen molar-refractivity contribution in [1.29, 1.82) is 0 Å². The fraction of sp³-hybridized carbons (Fsp3) is 0.350. The number of aryl methyl sites for hydroxylation is 1. The summed E-state index contributed by atoms with van der Waals surface area (Å²) in [6, 6.07) is 12.0. The molecule has 0 bridgehead atoms. The monoisotopic (exact) mass is 356 g/mol. The molecule has 1 aliphatic rings. The molecule has 0 atom stereocenters. The minimum atomic E-state index is -0.210. The molecular formula is C20H25FN4O. The van der Waals surface area contributed by atoms with Gasteiger partial charge in [-0.3, -0.25) is 9.69 Å². The highest BCUT2D eigenvalue weighted by molar-refractivity contribution is 5.96. The van der Waals surface area contributed by atoms with Gasteiger partial charge < -0.3 is 16.0 Å². The van der Waals surface area contributed by atoms with E-state index in [2.05, 4.69) is 15.1 Å². The number of hydrogen-bond acceptors (Lipinski definition) is 4. The Morgan fingerprint density at radius 1 is 1.12 bits per heavy atom. The first-order chi connectivity index (χ1) is 12.5. The van der Waals surface area contributed by atoms with Crippen molar-refractivity contribution in [1.82, 2.24) is 10.2 Å². The van der Waals surface area contributed by atoms with Gasteiger partial charge in [-0.1, -0.05) is 6.07 Å². The van der Waals surface area contributed by atoms with Crippen LogP contribution in [0.25, 0.3) is 0 Å². The Balaban J connectivity index is 1.43. The molecule has 6 heteroatoms. The summed E-state index contributed by atoms with van der Waals surface area (Å²) >= 11 is 0. The summed E-state index contributed by atoms with van der Waals surface area (Å²) in [5, 5.41) is 2.97. The second-order valence-corrected chi connectivity index (χ2v) is 6.64. The van der Waals surface area contributed by atoms with Crippen molar-refractivity contribution in [3.05, 3.63) is 59.4 Å². The van der Waals surface area contributed by atoms with Gasteiger partial charge in [0.05, 0.1) is 0 Å². The van der Waals surface area contributed by atoms with E-state index < -0.39 is 0 Å².